The second-order valence-electron chi connectivity index (χ2n) is 6.85. The molecule has 1 atom stereocenters. The predicted octanol–water partition coefficient (Wildman–Crippen LogP) is 3.18. The number of amides is 1. The fourth-order valence-electron chi connectivity index (χ4n) is 3.31. The topological polar surface area (TPSA) is 44.8 Å². The van der Waals surface area contributed by atoms with Crippen LogP contribution in [-0.4, -0.2) is 62.6 Å². The van der Waals surface area contributed by atoms with E-state index in [-0.39, 0.29) is 11.9 Å². The van der Waals surface area contributed by atoms with Gasteiger partial charge in [0, 0.05) is 42.8 Å². The lowest BCUT2D eigenvalue weighted by Gasteiger charge is -2.38. The SMILES string of the molecule is COc1ccc([C@@H](CNC(=O)c2ccc(Br)cc2)N2CCN(C)CC2)cc1. The lowest BCUT2D eigenvalue weighted by atomic mass is 10.0. The van der Waals surface area contributed by atoms with Crippen molar-refractivity contribution in [3.05, 3.63) is 64.1 Å². The smallest absolute Gasteiger partial charge is 0.251 e. The van der Waals surface area contributed by atoms with Gasteiger partial charge in [0.2, 0.25) is 0 Å². The summed E-state index contributed by atoms with van der Waals surface area (Å²) in [5.74, 6) is 0.796. The molecule has 2 aromatic rings. The first-order chi connectivity index (χ1) is 13.1. The highest BCUT2D eigenvalue weighted by molar-refractivity contribution is 9.10. The van der Waals surface area contributed by atoms with E-state index in [1.165, 1.54) is 5.56 Å². The first-order valence-corrected chi connectivity index (χ1v) is 9.96. The number of likely N-dealkylation sites (N-methyl/N-ethyl adjacent to an activating group) is 1. The van der Waals surface area contributed by atoms with Crippen molar-refractivity contribution < 1.29 is 9.53 Å². The molecule has 0 unspecified atom stereocenters. The van der Waals surface area contributed by atoms with Gasteiger partial charge in [0.25, 0.3) is 5.91 Å². The maximum atomic E-state index is 12.6. The molecule has 0 aliphatic carbocycles. The lowest BCUT2D eigenvalue weighted by Crippen LogP contribution is -2.48. The van der Waals surface area contributed by atoms with Crippen molar-refractivity contribution in [1.29, 1.82) is 0 Å². The van der Waals surface area contributed by atoms with Gasteiger partial charge in [-0.3, -0.25) is 9.69 Å². The highest BCUT2D eigenvalue weighted by atomic mass is 79.9. The molecule has 5 nitrogen and oxygen atoms in total. The standard InChI is InChI=1S/C21H26BrN3O2/c1-24-11-13-25(14-12-24)20(16-5-9-19(27-2)10-6-16)15-23-21(26)17-3-7-18(22)8-4-17/h3-10,20H,11-15H2,1-2H3,(H,23,26)/t20-/m1/s1. The minimum atomic E-state index is -0.0462. The Bertz CT molecular complexity index is 741. The van der Waals surface area contributed by atoms with Crippen LogP contribution in [0.2, 0.25) is 0 Å². The quantitative estimate of drug-likeness (QED) is 0.762. The van der Waals surface area contributed by atoms with Gasteiger partial charge in [0.05, 0.1) is 13.2 Å². The Balaban J connectivity index is 1.72. The first kappa shape index (κ1) is 19.9. The van der Waals surface area contributed by atoms with Gasteiger partial charge in [-0.25, -0.2) is 0 Å². The van der Waals surface area contributed by atoms with Crippen LogP contribution in [0.15, 0.2) is 53.0 Å². The van der Waals surface area contributed by atoms with E-state index in [1.807, 2.05) is 36.4 Å². The molecule has 27 heavy (non-hydrogen) atoms. The largest absolute Gasteiger partial charge is 0.497 e. The molecule has 0 aromatic heterocycles. The highest BCUT2D eigenvalue weighted by Gasteiger charge is 2.24. The molecule has 0 spiro atoms. The van der Waals surface area contributed by atoms with Crippen LogP contribution in [0.1, 0.15) is 22.0 Å². The summed E-state index contributed by atoms with van der Waals surface area (Å²) in [7, 11) is 3.82. The summed E-state index contributed by atoms with van der Waals surface area (Å²) in [6.45, 7) is 4.62. The summed E-state index contributed by atoms with van der Waals surface area (Å²) in [4.78, 5) is 17.3. The maximum Gasteiger partial charge on any atom is 0.251 e. The van der Waals surface area contributed by atoms with Crippen molar-refractivity contribution in [2.24, 2.45) is 0 Å². The molecule has 2 aromatic carbocycles. The van der Waals surface area contributed by atoms with E-state index >= 15 is 0 Å². The van der Waals surface area contributed by atoms with E-state index in [1.54, 1.807) is 7.11 Å². The Hall–Kier alpha value is -1.89. The van der Waals surface area contributed by atoms with Gasteiger partial charge in [-0.05, 0) is 49.0 Å². The second-order valence-corrected chi connectivity index (χ2v) is 7.76. The molecule has 1 aliphatic heterocycles. The van der Waals surface area contributed by atoms with E-state index in [9.17, 15) is 4.79 Å². The van der Waals surface area contributed by atoms with E-state index in [0.29, 0.717) is 12.1 Å². The number of benzene rings is 2. The van der Waals surface area contributed by atoms with Gasteiger partial charge in [0.15, 0.2) is 0 Å². The molecule has 3 rings (SSSR count). The first-order valence-electron chi connectivity index (χ1n) is 9.17. The average molecular weight is 432 g/mol. The normalized spacial score (nSPS) is 16.7. The van der Waals surface area contributed by atoms with Crippen LogP contribution in [0, 0.1) is 0 Å². The molecular formula is C21H26BrN3O2. The van der Waals surface area contributed by atoms with Crippen molar-refractivity contribution in [2.75, 3.05) is 46.9 Å². The molecule has 144 valence electrons. The van der Waals surface area contributed by atoms with Crippen molar-refractivity contribution in [1.82, 2.24) is 15.1 Å². The molecule has 0 saturated carbocycles. The number of hydrogen-bond donors (Lipinski definition) is 1. The van der Waals surface area contributed by atoms with E-state index in [0.717, 1.165) is 36.4 Å². The number of rotatable bonds is 6. The van der Waals surface area contributed by atoms with Gasteiger partial charge >= 0.3 is 0 Å². The Morgan fingerprint density at radius 1 is 1.07 bits per heavy atom. The molecule has 6 heteroatoms. The molecule has 0 bridgehead atoms. The third-order valence-electron chi connectivity index (χ3n) is 5.04. The number of methoxy groups -OCH3 is 1. The third-order valence-corrected chi connectivity index (χ3v) is 5.57. The molecule has 1 heterocycles. The highest BCUT2D eigenvalue weighted by Crippen LogP contribution is 2.24. The number of halogens is 1. The van der Waals surface area contributed by atoms with Crippen molar-refractivity contribution in [3.63, 3.8) is 0 Å². The zero-order chi connectivity index (χ0) is 19.2. The van der Waals surface area contributed by atoms with Gasteiger partial charge < -0.3 is 15.0 Å². The number of nitrogens with one attached hydrogen (secondary N) is 1. The molecule has 1 N–H and O–H groups in total. The van der Waals surface area contributed by atoms with Crippen LogP contribution in [0.4, 0.5) is 0 Å². The summed E-state index contributed by atoms with van der Waals surface area (Å²) in [6.07, 6.45) is 0. The third kappa shape index (κ3) is 5.31. The van der Waals surface area contributed by atoms with E-state index in [2.05, 4.69) is 50.2 Å². The minimum Gasteiger partial charge on any atom is -0.497 e. The molecule has 1 fully saturated rings. The summed E-state index contributed by atoms with van der Waals surface area (Å²) < 4.78 is 6.25. The van der Waals surface area contributed by atoms with Crippen molar-refractivity contribution in [3.8, 4) is 5.75 Å². The molecular weight excluding hydrogens is 406 g/mol. The molecule has 1 amide bonds. The zero-order valence-electron chi connectivity index (χ0n) is 15.8. The molecule has 1 aliphatic rings. The lowest BCUT2D eigenvalue weighted by molar-refractivity contribution is 0.0886. The zero-order valence-corrected chi connectivity index (χ0v) is 17.4. The summed E-state index contributed by atoms with van der Waals surface area (Å²) >= 11 is 3.40. The van der Waals surface area contributed by atoms with E-state index < -0.39 is 0 Å². The molecule has 0 radical (unpaired) electrons. The Labute approximate surface area is 169 Å². The Morgan fingerprint density at radius 2 is 1.70 bits per heavy atom. The number of nitrogens with zero attached hydrogens (tertiary/aromatic N) is 2. The van der Waals surface area contributed by atoms with Gasteiger partial charge in [0.1, 0.15) is 5.75 Å². The Morgan fingerprint density at radius 3 is 2.30 bits per heavy atom. The molecule has 1 saturated heterocycles. The van der Waals surface area contributed by atoms with E-state index in [4.69, 9.17) is 4.74 Å². The number of hydrogen-bond acceptors (Lipinski definition) is 4. The summed E-state index contributed by atoms with van der Waals surface area (Å²) in [5.41, 5.74) is 1.86. The fraction of sp³-hybridized carbons (Fsp3) is 0.381. The fourth-order valence-corrected chi connectivity index (χ4v) is 3.57. The van der Waals surface area contributed by atoms with Crippen LogP contribution in [0.25, 0.3) is 0 Å². The number of carbonyl (C=O) groups excluding carboxylic acids is 1. The van der Waals surface area contributed by atoms with Crippen LogP contribution >= 0.6 is 15.9 Å². The predicted molar refractivity (Wildman–Crippen MR) is 111 cm³/mol. The number of ether oxygens (including phenoxy) is 1. The monoisotopic (exact) mass is 431 g/mol. The van der Waals surface area contributed by atoms with Crippen LogP contribution < -0.4 is 10.1 Å². The van der Waals surface area contributed by atoms with Crippen molar-refractivity contribution >= 4 is 21.8 Å². The van der Waals surface area contributed by atoms with Crippen LogP contribution in [-0.2, 0) is 0 Å². The number of piperazine rings is 1. The minimum absolute atomic E-state index is 0.0462. The van der Waals surface area contributed by atoms with Crippen LogP contribution in [0.5, 0.6) is 5.75 Å². The average Bonchev–Trinajstić information content (AvgIpc) is 2.70. The van der Waals surface area contributed by atoms with Crippen molar-refractivity contribution in [2.45, 2.75) is 6.04 Å². The van der Waals surface area contributed by atoms with Gasteiger partial charge in [-0.15, -0.1) is 0 Å². The van der Waals surface area contributed by atoms with Crippen LogP contribution in [0.3, 0.4) is 0 Å². The number of carbonyl (C=O) groups is 1. The summed E-state index contributed by atoms with van der Waals surface area (Å²) in [6, 6.07) is 15.7. The van der Waals surface area contributed by atoms with Gasteiger partial charge in [-0.2, -0.15) is 0 Å². The second kappa shape index (κ2) is 9.35. The summed E-state index contributed by atoms with van der Waals surface area (Å²) in [5, 5.41) is 3.11. The Kier molecular flexibility index (Phi) is 6.88. The van der Waals surface area contributed by atoms with Gasteiger partial charge in [-0.1, -0.05) is 28.1 Å². The maximum absolute atomic E-state index is 12.6.